The molecule has 2 unspecified atom stereocenters. The predicted molar refractivity (Wildman–Crippen MR) is 60.5 cm³/mol. The van der Waals surface area contributed by atoms with Crippen molar-refractivity contribution in [2.24, 2.45) is 5.92 Å². The van der Waals surface area contributed by atoms with E-state index in [0.717, 1.165) is 18.0 Å². The average molecular weight is 196 g/mol. The van der Waals surface area contributed by atoms with Crippen LogP contribution in [0.15, 0.2) is 0 Å². The van der Waals surface area contributed by atoms with Crippen LogP contribution >= 0.6 is 0 Å². The zero-order valence-corrected chi connectivity index (χ0v) is 9.63. The monoisotopic (exact) mass is 196 g/mol. The van der Waals surface area contributed by atoms with E-state index >= 15 is 0 Å². The van der Waals surface area contributed by atoms with Crippen LogP contribution in [0.2, 0.25) is 0 Å². The predicted octanol–water partition coefficient (Wildman–Crippen LogP) is 1.86. The molecule has 0 aliphatic heterocycles. The number of hydrogen-bond donors (Lipinski definition) is 1. The normalized spacial score (nSPS) is 31.9. The fraction of sp³-hybridized carbons (Fsp3) is 1.00. The maximum Gasteiger partial charge on any atom is 0.0139 e. The van der Waals surface area contributed by atoms with Crippen LogP contribution in [0.25, 0.3) is 0 Å². The highest BCUT2D eigenvalue weighted by molar-refractivity contribution is 4.96. The zero-order chi connectivity index (χ0) is 9.97. The van der Waals surface area contributed by atoms with Crippen molar-refractivity contribution < 1.29 is 0 Å². The Morgan fingerprint density at radius 3 is 2.43 bits per heavy atom. The SMILES string of the molecule is CCCN(C1CC1)C1CCC1CNC. The van der Waals surface area contributed by atoms with Crippen LogP contribution in [0.1, 0.15) is 39.0 Å². The first kappa shape index (κ1) is 10.4. The largest absolute Gasteiger partial charge is 0.319 e. The Labute approximate surface area is 88.1 Å². The summed E-state index contributed by atoms with van der Waals surface area (Å²) in [5, 5.41) is 3.33. The molecule has 0 amide bonds. The molecule has 2 saturated carbocycles. The Kier molecular flexibility index (Phi) is 3.45. The van der Waals surface area contributed by atoms with E-state index in [1.807, 2.05) is 0 Å². The molecule has 2 aliphatic carbocycles. The van der Waals surface area contributed by atoms with Crippen molar-refractivity contribution in [2.45, 2.75) is 51.1 Å². The molecule has 82 valence electrons. The lowest BCUT2D eigenvalue weighted by atomic mass is 9.78. The number of hydrogen-bond acceptors (Lipinski definition) is 2. The van der Waals surface area contributed by atoms with Crippen molar-refractivity contribution in [2.75, 3.05) is 20.1 Å². The van der Waals surface area contributed by atoms with Crippen molar-refractivity contribution in [1.82, 2.24) is 10.2 Å². The zero-order valence-electron chi connectivity index (χ0n) is 9.63. The van der Waals surface area contributed by atoms with Gasteiger partial charge in [-0.15, -0.1) is 0 Å². The van der Waals surface area contributed by atoms with Gasteiger partial charge in [0.15, 0.2) is 0 Å². The Morgan fingerprint density at radius 1 is 1.21 bits per heavy atom. The van der Waals surface area contributed by atoms with Crippen molar-refractivity contribution >= 4 is 0 Å². The fourth-order valence-corrected chi connectivity index (χ4v) is 2.77. The van der Waals surface area contributed by atoms with Crippen LogP contribution in [0.4, 0.5) is 0 Å². The summed E-state index contributed by atoms with van der Waals surface area (Å²) in [6.45, 7) is 4.86. The molecule has 0 aromatic carbocycles. The summed E-state index contributed by atoms with van der Waals surface area (Å²) in [6.07, 6.45) is 7.13. The van der Waals surface area contributed by atoms with Gasteiger partial charge in [-0.25, -0.2) is 0 Å². The number of rotatable bonds is 6. The molecule has 0 radical (unpaired) electrons. The van der Waals surface area contributed by atoms with Gasteiger partial charge in [0.1, 0.15) is 0 Å². The Morgan fingerprint density at radius 2 is 2.00 bits per heavy atom. The highest BCUT2D eigenvalue weighted by Crippen LogP contribution is 2.38. The van der Waals surface area contributed by atoms with Gasteiger partial charge in [0.25, 0.3) is 0 Å². The molecule has 2 fully saturated rings. The molecular formula is C12H24N2. The van der Waals surface area contributed by atoms with Gasteiger partial charge in [-0.2, -0.15) is 0 Å². The molecule has 2 heteroatoms. The van der Waals surface area contributed by atoms with Crippen LogP contribution in [0.5, 0.6) is 0 Å². The molecular weight excluding hydrogens is 172 g/mol. The molecule has 0 heterocycles. The van der Waals surface area contributed by atoms with Crippen molar-refractivity contribution in [1.29, 1.82) is 0 Å². The lowest BCUT2D eigenvalue weighted by molar-refractivity contribution is 0.0559. The first-order valence-corrected chi connectivity index (χ1v) is 6.27. The van der Waals surface area contributed by atoms with Gasteiger partial charge in [-0.1, -0.05) is 6.92 Å². The second-order valence-electron chi connectivity index (χ2n) is 4.93. The van der Waals surface area contributed by atoms with Gasteiger partial charge in [-0.05, 0) is 58.2 Å². The molecule has 0 spiro atoms. The van der Waals surface area contributed by atoms with E-state index in [1.54, 1.807) is 0 Å². The third kappa shape index (κ3) is 2.12. The molecule has 1 N–H and O–H groups in total. The molecule has 0 bridgehead atoms. The van der Waals surface area contributed by atoms with Gasteiger partial charge >= 0.3 is 0 Å². The molecule has 2 atom stereocenters. The maximum atomic E-state index is 3.33. The Bertz CT molecular complexity index is 177. The minimum absolute atomic E-state index is 0.912. The van der Waals surface area contributed by atoms with Crippen molar-refractivity contribution in [3.8, 4) is 0 Å². The van der Waals surface area contributed by atoms with E-state index < -0.39 is 0 Å². The summed E-state index contributed by atoms with van der Waals surface area (Å²) in [6, 6.07) is 1.87. The molecule has 2 aliphatic rings. The second kappa shape index (κ2) is 4.63. The quantitative estimate of drug-likeness (QED) is 0.697. The van der Waals surface area contributed by atoms with Gasteiger partial charge in [0.05, 0.1) is 0 Å². The first-order valence-electron chi connectivity index (χ1n) is 6.27. The van der Waals surface area contributed by atoms with Crippen molar-refractivity contribution in [3.05, 3.63) is 0 Å². The summed E-state index contributed by atoms with van der Waals surface area (Å²) in [5.74, 6) is 0.937. The minimum Gasteiger partial charge on any atom is -0.319 e. The third-order valence-electron chi connectivity index (χ3n) is 3.77. The molecule has 0 aromatic heterocycles. The maximum absolute atomic E-state index is 3.33. The van der Waals surface area contributed by atoms with E-state index in [9.17, 15) is 0 Å². The minimum atomic E-state index is 0.912. The first-order chi connectivity index (χ1) is 6.86. The van der Waals surface area contributed by atoms with Gasteiger partial charge < -0.3 is 5.32 Å². The summed E-state index contributed by atoms with van der Waals surface area (Å²) in [5.41, 5.74) is 0. The lowest BCUT2D eigenvalue weighted by Gasteiger charge is -2.45. The topological polar surface area (TPSA) is 15.3 Å². The number of nitrogens with zero attached hydrogens (tertiary/aromatic N) is 1. The van der Waals surface area contributed by atoms with Crippen LogP contribution in [0, 0.1) is 5.92 Å². The molecule has 14 heavy (non-hydrogen) atoms. The molecule has 2 nitrogen and oxygen atoms in total. The van der Waals surface area contributed by atoms with Crippen LogP contribution < -0.4 is 5.32 Å². The second-order valence-corrected chi connectivity index (χ2v) is 4.93. The van der Waals surface area contributed by atoms with E-state index in [1.165, 1.54) is 45.2 Å². The number of nitrogens with one attached hydrogen (secondary N) is 1. The van der Waals surface area contributed by atoms with E-state index in [-0.39, 0.29) is 0 Å². The average Bonchev–Trinajstić information content (AvgIpc) is 2.95. The standard InChI is InChI=1S/C12H24N2/c1-3-8-14(11-5-6-11)12-7-4-10(12)9-13-2/h10-13H,3-9H2,1-2H3. The van der Waals surface area contributed by atoms with Crippen LogP contribution in [-0.4, -0.2) is 37.1 Å². The highest BCUT2D eigenvalue weighted by atomic mass is 15.2. The lowest BCUT2D eigenvalue weighted by Crippen LogP contribution is -2.51. The van der Waals surface area contributed by atoms with Gasteiger partial charge in [-0.3, -0.25) is 4.90 Å². The summed E-state index contributed by atoms with van der Waals surface area (Å²) in [7, 11) is 2.08. The summed E-state index contributed by atoms with van der Waals surface area (Å²) in [4.78, 5) is 2.80. The summed E-state index contributed by atoms with van der Waals surface area (Å²) < 4.78 is 0. The molecule has 2 rings (SSSR count). The smallest absolute Gasteiger partial charge is 0.0139 e. The fourth-order valence-electron chi connectivity index (χ4n) is 2.77. The van der Waals surface area contributed by atoms with Crippen LogP contribution in [-0.2, 0) is 0 Å². The van der Waals surface area contributed by atoms with Crippen LogP contribution in [0.3, 0.4) is 0 Å². The Hall–Kier alpha value is -0.0800. The van der Waals surface area contributed by atoms with Crippen molar-refractivity contribution in [3.63, 3.8) is 0 Å². The van der Waals surface area contributed by atoms with E-state index in [2.05, 4.69) is 24.2 Å². The van der Waals surface area contributed by atoms with Gasteiger partial charge in [0, 0.05) is 12.1 Å². The molecule has 0 aromatic rings. The molecule has 0 saturated heterocycles. The van der Waals surface area contributed by atoms with Gasteiger partial charge in [0.2, 0.25) is 0 Å². The summed E-state index contributed by atoms with van der Waals surface area (Å²) >= 11 is 0. The van der Waals surface area contributed by atoms with E-state index in [4.69, 9.17) is 0 Å². The van der Waals surface area contributed by atoms with E-state index in [0.29, 0.717) is 0 Å². The Balaban J connectivity index is 1.83. The highest BCUT2D eigenvalue weighted by Gasteiger charge is 2.40. The third-order valence-corrected chi connectivity index (χ3v) is 3.77.